The van der Waals surface area contributed by atoms with Crippen molar-refractivity contribution in [1.82, 2.24) is 9.97 Å². The molecule has 2 aromatic rings. The van der Waals surface area contributed by atoms with E-state index in [1.54, 1.807) is 6.92 Å². The number of ether oxygens (including phenoxy) is 1. The Hall–Kier alpha value is -2.38. The Labute approximate surface area is 124 Å². The summed E-state index contributed by atoms with van der Waals surface area (Å²) in [7, 11) is 1.40. The fraction of sp³-hybridized carbons (Fsp3) is 0.286. The van der Waals surface area contributed by atoms with Gasteiger partial charge in [-0.3, -0.25) is 0 Å². The van der Waals surface area contributed by atoms with Crippen molar-refractivity contribution in [1.29, 1.82) is 0 Å². The Bertz CT molecular complexity index is 644. The van der Waals surface area contributed by atoms with Crippen molar-refractivity contribution >= 4 is 11.5 Å². The van der Waals surface area contributed by atoms with Crippen molar-refractivity contribution in [2.75, 3.05) is 18.6 Å². The van der Waals surface area contributed by atoms with Gasteiger partial charge in [0, 0.05) is 18.9 Å². The zero-order valence-corrected chi connectivity index (χ0v) is 11.9. The molecule has 0 aliphatic carbocycles. The SMILES string of the molecule is CCOc1ncc(C(F)(F)F)c(N(C)c2ccc(F)cc2)n1. The molecule has 22 heavy (non-hydrogen) atoms. The Kier molecular flexibility index (Phi) is 4.48. The molecule has 4 nitrogen and oxygen atoms in total. The van der Waals surface area contributed by atoms with Crippen LogP contribution in [0.1, 0.15) is 12.5 Å². The second kappa shape index (κ2) is 6.17. The van der Waals surface area contributed by atoms with Gasteiger partial charge in [0.1, 0.15) is 11.4 Å². The molecule has 1 aromatic heterocycles. The summed E-state index contributed by atoms with van der Waals surface area (Å²) < 4.78 is 57.3. The van der Waals surface area contributed by atoms with Crippen LogP contribution in [0.25, 0.3) is 0 Å². The number of alkyl halides is 3. The molecule has 0 saturated carbocycles. The van der Waals surface area contributed by atoms with E-state index in [1.165, 1.54) is 24.1 Å². The highest BCUT2D eigenvalue weighted by Gasteiger charge is 2.36. The average molecular weight is 315 g/mol. The van der Waals surface area contributed by atoms with Crippen LogP contribution in [0.3, 0.4) is 0 Å². The summed E-state index contributed by atoms with van der Waals surface area (Å²) in [5.41, 5.74) is -0.643. The van der Waals surface area contributed by atoms with Gasteiger partial charge in [-0.25, -0.2) is 9.37 Å². The molecule has 0 bridgehead atoms. The van der Waals surface area contributed by atoms with Crippen molar-refractivity contribution in [2.24, 2.45) is 0 Å². The van der Waals surface area contributed by atoms with E-state index in [2.05, 4.69) is 9.97 Å². The first kappa shape index (κ1) is 16.0. The molecule has 0 atom stereocenters. The van der Waals surface area contributed by atoms with Crippen molar-refractivity contribution in [3.63, 3.8) is 0 Å². The van der Waals surface area contributed by atoms with Crippen molar-refractivity contribution in [3.05, 3.63) is 41.8 Å². The largest absolute Gasteiger partial charge is 0.464 e. The monoisotopic (exact) mass is 315 g/mol. The third-order valence-electron chi connectivity index (χ3n) is 2.86. The normalized spacial score (nSPS) is 11.4. The number of aromatic nitrogens is 2. The standard InChI is InChI=1S/C14H13F4N3O/c1-3-22-13-19-8-11(14(16,17)18)12(20-13)21(2)10-6-4-9(15)5-7-10/h4-8H,3H2,1-2H3. The number of hydrogen-bond donors (Lipinski definition) is 0. The summed E-state index contributed by atoms with van der Waals surface area (Å²) in [5.74, 6) is -0.844. The van der Waals surface area contributed by atoms with Crippen LogP contribution in [0, 0.1) is 5.82 Å². The predicted octanol–water partition coefficient (Wildman–Crippen LogP) is 3.80. The maximum Gasteiger partial charge on any atom is 0.421 e. The van der Waals surface area contributed by atoms with Gasteiger partial charge in [0.15, 0.2) is 5.82 Å². The van der Waals surface area contributed by atoms with Crippen LogP contribution in [0.5, 0.6) is 6.01 Å². The molecule has 0 saturated heterocycles. The summed E-state index contributed by atoms with van der Waals surface area (Å²) in [4.78, 5) is 8.55. The number of benzene rings is 1. The minimum Gasteiger partial charge on any atom is -0.464 e. The Morgan fingerprint density at radius 2 is 1.82 bits per heavy atom. The molecule has 0 N–H and O–H groups in total. The second-order valence-corrected chi connectivity index (χ2v) is 4.36. The summed E-state index contributed by atoms with van der Waals surface area (Å²) in [6, 6.07) is 4.88. The first-order chi connectivity index (χ1) is 10.3. The van der Waals surface area contributed by atoms with Crippen LogP contribution >= 0.6 is 0 Å². The molecule has 2 rings (SSSR count). The number of halogens is 4. The highest BCUT2D eigenvalue weighted by molar-refractivity contribution is 5.62. The van der Waals surface area contributed by atoms with E-state index >= 15 is 0 Å². The van der Waals surface area contributed by atoms with Gasteiger partial charge in [-0.05, 0) is 31.2 Å². The van der Waals surface area contributed by atoms with Gasteiger partial charge >= 0.3 is 12.2 Å². The van der Waals surface area contributed by atoms with E-state index in [1.807, 2.05) is 0 Å². The molecule has 0 amide bonds. The molecule has 1 aromatic carbocycles. The van der Waals surface area contributed by atoms with Gasteiger partial charge in [-0.15, -0.1) is 0 Å². The molecule has 0 spiro atoms. The number of hydrogen-bond acceptors (Lipinski definition) is 4. The van der Waals surface area contributed by atoms with Crippen molar-refractivity contribution in [2.45, 2.75) is 13.1 Å². The van der Waals surface area contributed by atoms with Gasteiger partial charge in [-0.2, -0.15) is 18.2 Å². The van der Waals surface area contributed by atoms with Crippen LogP contribution in [-0.2, 0) is 6.18 Å². The fourth-order valence-corrected chi connectivity index (χ4v) is 1.80. The quantitative estimate of drug-likeness (QED) is 0.804. The minimum atomic E-state index is -4.62. The topological polar surface area (TPSA) is 38.2 Å². The molecule has 8 heteroatoms. The van der Waals surface area contributed by atoms with E-state index in [4.69, 9.17) is 4.74 Å². The lowest BCUT2D eigenvalue weighted by molar-refractivity contribution is -0.137. The molecule has 1 heterocycles. The fourth-order valence-electron chi connectivity index (χ4n) is 1.80. The van der Waals surface area contributed by atoms with E-state index in [0.29, 0.717) is 11.9 Å². The summed E-state index contributed by atoms with van der Waals surface area (Å²) in [5, 5.41) is 0. The van der Waals surface area contributed by atoms with Crippen LogP contribution < -0.4 is 9.64 Å². The third kappa shape index (κ3) is 3.44. The summed E-state index contributed by atoms with van der Waals surface area (Å²) in [6.45, 7) is 1.90. The number of nitrogens with zero attached hydrogens (tertiary/aromatic N) is 3. The Balaban J connectivity index is 2.49. The lowest BCUT2D eigenvalue weighted by atomic mass is 10.2. The van der Waals surface area contributed by atoms with Gasteiger partial charge in [0.25, 0.3) is 0 Å². The van der Waals surface area contributed by atoms with Gasteiger partial charge in [0.05, 0.1) is 6.61 Å². The molecule has 0 unspecified atom stereocenters. The van der Waals surface area contributed by atoms with E-state index in [-0.39, 0.29) is 18.4 Å². The highest BCUT2D eigenvalue weighted by Crippen LogP contribution is 2.37. The zero-order valence-electron chi connectivity index (χ0n) is 11.9. The zero-order chi connectivity index (χ0) is 16.3. The molecule has 0 fully saturated rings. The van der Waals surface area contributed by atoms with Crippen LogP contribution in [0.2, 0.25) is 0 Å². The molecule has 0 radical (unpaired) electrons. The maximum absolute atomic E-state index is 13.1. The highest BCUT2D eigenvalue weighted by atomic mass is 19.4. The smallest absolute Gasteiger partial charge is 0.421 e. The number of rotatable bonds is 4. The van der Waals surface area contributed by atoms with Crippen LogP contribution in [0.15, 0.2) is 30.5 Å². The van der Waals surface area contributed by atoms with Crippen molar-refractivity contribution < 1.29 is 22.3 Å². The Morgan fingerprint density at radius 3 is 2.36 bits per heavy atom. The Morgan fingerprint density at radius 1 is 1.18 bits per heavy atom. The van der Waals surface area contributed by atoms with Gasteiger partial charge < -0.3 is 9.64 Å². The van der Waals surface area contributed by atoms with E-state index in [9.17, 15) is 17.6 Å². The van der Waals surface area contributed by atoms with Crippen molar-refractivity contribution in [3.8, 4) is 6.01 Å². The first-order valence-electron chi connectivity index (χ1n) is 6.39. The van der Waals surface area contributed by atoms with Crippen LogP contribution in [-0.4, -0.2) is 23.6 Å². The molecule has 0 aliphatic rings. The van der Waals surface area contributed by atoms with E-state index < -0.39 is 17.6 Å². The van der Waals surface area contributed by atoms with Gasteiger partial charge in [-0.1, -0.05) is 0 Å². The number of anilines is 2. The molecular formula is C14H13F4N3O. The van der Waals surface area contributed by atoms with E-state index in [0.717, 1.165) is 12.1 Å². The second-order valence-electron chi connectivity index (χ2n) is 4.36. The third-order valence-corrected chi connectivity index (χ3v) is 2.86. The lowest BCUT2D eigenvalue weighted by Crippen LogP contribution is -2.19. The summed E-state index contributed by atoms with van der Waals surface area (Å²) >= 11 is 0. The van der Waals surface area contributed by atoms with Gasteiger partial charge in [0.2, 0.25) is 0 Å². The maximum atomic E-state index is 13.1. The molecular weight excluding hydrogens is 302 g/mol. The summed E-state index contributed by atoms with van der Waals surface area (Å²) in [6.07, 6.45) is -3.94. The lowest BCUT2D eigenvalue weighted by Gasteiger charge is -2.22. The van der Waals surface area contributed by atoms with Crippen LogP contribution in [0.4, 0.5) is 29.1 Å². The average Bonchev–Trinajstić information content (AvgIpc) is 2.46. The predicted molar refractivity (Wildman–Crippen MR) is 72.7 cm³/mol. The molecule has 118 valence electrons. The molecule has 0 aliphatic heterocycles. The first-order valence-corrected chi connectivity index (χ1v) is 6.39. The minimum absolute atomic E-state index is 0.153.